The number of rotatable bonds is 4. The Labute approximate surface area is 126 Å². The van der Waals surface area contributed by atoms with Crippen LogP contribution in [0.25, 0.3) is 0 Å². The number of alkyl halides is 3. The highest BCUT2D eigenvalue weighted by Gasteiger charge is 2.48. The molecule has 0 N–H and O–H groups in total. The van der Waals surface area contributed by atoms with Gasteiger partial charge in [-0.25, -0.2) is 0 Å². The summed E-state index contributed by atoms with van der Waals surface area (Å²) in [6.07, 6.45) is -0.407. The molecule has 0 aliphatic rings. The number of methoxy groups -OCH3 is 1. The molecule has 0 unspecified atom stereocenters. The van der Waals surface area contributed by atoms with Gasteiger partial charge in [0, 0.05) is 9.13 Å². The minimum Gasteiger partial charge on any atom is -0.469 e. The molecule has 0 aromatic heterocycles. The molecule has 0 saturated carbocycles. The first-order valence-electron chi connectivity index (χ1n) is 4.93. The number of carbonyl (C=O) groups excluding carboxylic acids is 1. The zero-order valence-corrected chi connectivity index (χ0v) is 12.9. The summed E-state index contributed by atoms with van der Waals surface area (Å²) in [4.78, 5) is 11.2. The molecular formula is C10H8F3IO5S. The van der Waals surface area contributed by atoms with Crippen molar-refractivity contribution in [2.45, 2.75) is 11.9 Å². The second-order valence-corrected chi connectivity index (χ2v) is 6.27. The first-order valence-corrected chi connectivity index (χ1v) is 7.41. The highest BCUT2D eigenvalue weighted by atomic mass is 127. The lowest BCUT2D eigenvalue weighted by atomic mass is 10.1. The first kappa shape index (κ1) is 17.0. The molecule has 20 heavy (non-hydrogen) atoms. The molecule has 5 nitrogen and oxygen atoms in total. The van der Waals surface area contributed by atoms with Crippen molar-refractivity contribution in [2.24, 2.45) is 0 Å². The Hall–Kier alpha value is -1.04. The van der Waals surface area contributed by atoms with Crippen molar-refractivity contribution in [1.82, 2.24) is 0 Å². The van der Waals surface area contributed by atoms with E-state index in [4.69, 9.17) is 0 Å². The summed E-state index contributed by atoms with van der Waals surface area (Å²) in [5.41, 5.74) is -5.56. The van der Waals surface area contributed by atoms with E-state index in [1.165, 1.54) is 12.1 Å². The van der Waals surface area contributed by atoms with Gasteiger partial charge in [-0.05, 0) is 40.8 Å². The third kappa shape index (κ3) is 4.23. The molecule has 0 radical (unpaired) electrons. The number of hydrogen-bond acceptors (Lipinski definition) is 5. The fraction of sp³-hybridized carbons (Fsp3) is 0.300. The minimum atomic E-state index is -5.78. The van der Waals surface area contributed by atoms with Crippen LogP contribution in [0.15, 0.2) is 18.2 Å². The third-order valence-corrected chi connectivity index (χ3v) is 3.70. The van der Waals surface area contributed by atoms with Gasteiger partial charge in [-0.2, -0.15) is 21.6 Å². The van der Waals surface area contributed by atoms with E-state index >= 15 is 0 Å². The monoisotopic (exact) mass is 424 g/mol. The molecule has 1 aromatic rings. The average molecular weight is 424 g/mol. The Balaban J connectivity index is 3.16. The summed E-state index contributed by atoms with van der Waals surface area (Å²) >= 11 is 1.86. The zero-order valence-electron chi connectivity index (χ0n) is 9.90. The maximum Gasteiger partial charge on any atom is 0.534 e. The van der Waals surface area contributed by atoms with Crippen LogP contribution in [0.5, 0.6) is 5.75 Å². The van der Waals surface area contributed by atoms with Crippen LogP contribution in [-0.4, -0.2) is 27.0 Å². The van der Waals surface area contributed by atoms with E-state index in [2.05, 4.69) is 8.92 Å². The highest BCUT2D eigenvalue weighted by Crippen LogP contribution is 2.30. The van der Waals surface area contributed by atoms with Crippen molar-refractivity contribution in [2.75, 3.05) is 7.11 Å². The lowest BCUT2D eigenvalue weighted by Crippen LogP contribution is -2.28. The smallest absolute Gasteiger partial charge is 0.469 e. The van der Waals surface area contributed by atoms with Crippen LogP contribution in [0.2, 0.25) is 0 Å². The van der Waals surface area contributed by atoms with Crippen LogP contribution in [0.3, 0.4) is 0 Å². The molecule has 0 aliphatic carbocycles. The third-order valence-electron chi connectivity index (χ3n) is 2.07. The topological polar surface area (TPSA) is 69.7 Å². The minimum absolute atomic E-state index is 0.0171. The molecule has 0 aliphatic heterocycles. The molecule has 0 saturated heterocycles. The van der Waals surface area contributed by atoms with Gasteiger partial charge >= 0.3 is 21.6 Å². The Morgan fingerprint density at radius 1 is 1.35 bits per heavy atom. The molecule has 0 fully saturated rings. The largest absolute Gasteiger partial charge is 0.534 e. The van der Waals surface area contributed by atoms with Crippen LogP contribution < -0.4 is 4.18 Å². The fourth-order valence-corrected chi connectivity index (χ4v) is 2.21. The summed E-state index contributed by atoms with van der Waals surface area (Å²) < 4.78 is 67.7. The standard InChI is InChI=1S/C10H8F3IO5S/c1-18-9(15)5-6-4-7(14)2-3-8(6)19-20(16,17)10(11,12)13/h2-4H,5H2,1H3. The van der Waals surface area contributed by atoms with Crippen molar-refractivity contribution in [3.05, 3.63) is 27.3 Å². The van der Waals surface area contributed by atoms with Crippen molar-refractivity contribution in [1.29, 1.82) is 0 Å². The Morgan fingerprint density at radius 3 is 2.45 bits per heavy atom. The molecule has 0 amide bonds. The molecule has 112 valence electrons. The number of carbonyl (C=O) groups is 1. The lowest BCUT2D eigenvalue weighted by molar-refractivity contribution is -0.139. The van der Waals surface area contributed by atoms with Crippen molar-refractivity contribution in [3.63, 3.8) is 0 Å². The van der Waals surface area contributed by atoms with E-state index in [-0.39, 0.29) is 5.56 Å². The van der Waals surface area contributed by atoms with Gasteiger partial charge in [-0.1, -0.05) is 0 Å². The predicted octanol–water partition coefficient (Wildman–Crippen LogP) is 2.24. The predicted molar refractivity (Wildman–Crippen MR) is 70.5 cm³/mol. The van der Waals surface area contributed by atoms with Crippen molar-refractivity contribution < 1.29 is 35.3 Å². The molecule has 0 heterocycles. The fourth-order valence-electron chi connectivity index (χ4n) is 1.16. The number of hydrogen-bond donors (Lipinski definition) is 0. The average Bonchev–Trinajstić information content (AvgIpc) is 2.31. The first-order chi connectivity index (χ1) is 9.06. The van der Waals surface area contributed by atoms with Gasteiger partial charge in [-0.3, -0.25) is 4.79 Å². The van der Waals surface area contributed by atoms with Gasteiger partial charge in [0.15, 0.2) is 0 Å². The zero-order chi connectivity index (χ0) is 15.6. The van der Waals surface area contributed by atoms with Crippen molar-refractivity contribution in [3.8, 4) is 5.75 Å². The van der Waals surface area contributed by atoms with Crippen LogP contribution in [-0.2, 0) is 26.1 Å². The summed E-state index contributed by atoms with van der Waals surface area (Å²) in [7, 11) is -4.68. The van der Waals surface area contributed by atoms with Crippen LogP contribution in [0, 0.1) is 3.57 Å². The SMILES string of the molecule is COC(=O)Cc1cc(I)ccc1OS(=O)(=O)C(F)(F)F. The number of esters is 1. The number of benzene rings is 1. The maximum absolute atomic E-state index is 12.3. The Kier molecular flexibility index (Phi) is 5.24. The van der Waals surface area contributed by atoms with E-state index in [0.29, 0.717) is 3.57 Å². The molecule has 0 spiro atoms. The van der Waals surface area contributed by atoms with E-state index < -0.39 is 33.8 Å². The number of halogens is 4. The molecule has 0 bridgehead atoms. The normalized spacial score (nSPS) is 12.1. The van der Waals surface area contributed by atoms with Crippen LogP contribution in [0.1, 0.15) is 5.56 Å². The van der Waals surface area contributed by atoms with Gasteiger partial charge < -0.3 is 8.92 Å². The molecule has 1 aromatic carbocycles. The number of ether oxygens (including phenoxy) is 1. The van der Waals surface area contributed by atoms with Crippen LogP contribution in [0.4, 0.5) is 13.2 Å². The summed E-state index contributed by atoms with van der Waals surface area (Å²) in [5.74, 6) is -1.30. The summed E-state index contributed by atoms with van der Waals surface area (Å²) in [5, 5.41) is 0. The second kappa shape index (κ2) is 6.16. The van der Waals surface area contributed by atoms with Gasteiger partial charge in [0.2, 0.25) is 0 Å². The van der Waals surface area contributed by atoms with E-state index in [9.17, 15) is 26.4 Å². The Morgan fingerprint density at radius 2 is 1.95 bits per heavy atom. The lowest BCUT2D eigenvalue weighted by Gasteiger charge is -2.12. The summed E-state index contributed by atoms with van der Waals surface area (Å²) in [6.45, 7) is 0. The molecular weight excluding hydrogens is 416 g/mol. The van der Waals surface area contributed by atoms with Gasteiger partial charge in [0.1, 0.15) is 5.75 Å². The molecule has 1 rings (SSSR count). The highest BCUT2D eigenvalue weighted by molar-refractivity contribution is 14.1. The van der Waals surface area contributed by atoms with Gasteiger partial charge in [-0.15, -0.1) is 0 Å². The maximum atomic E-state index is 12.3. The summed E-state index contributed by atoms with van der Waals surface area (Å²) in [6, 6.07) is 3.73. The quantitative estimate of drug-likeness (QED) is 0.321. The van der Waals surface area contributed by atoms with Crippen molar-refractivity contribution >= 4 is 38.7 Å². The van der Waals surface area contributed by atoms with Crippen LogP contribution >= 0.6 is 22.6 Å². The van der Waals surface area contributed by atoms with E-state index in [1.807, 2.05) is 22.6 Å². The van der Waals surface area contributed by atoms with Gasteiger partial charge in [0.05, 0.1) is 13.5 Å². The Bertz CT molecular complexity index is 612. The van der Waals surface area contributed by atoms with E-state index in [1.54, 1.807) is 0 Å². The van der Waals surface area contributed by atoms with Gasteiger partial charge in [0.25, 0.3) is 0 Å². The molecule has 10 heteroatoms. The second-order valence-electron chi connectivity index (χ2n) is 3.49. The molecule has 0 atom stereocenters. The van der Waals surface area contributed by atoms with E-state index in [0.717, 1.165) is 13.2 Å².